The van der Waals surface area contributed by atoms with Crippen LogP contribution in [0.2, 0.25) is 0 Å². The number of piperidine rings is 1. The average molecular weight is 367 g/mol. The number of aromatic nitrogens is 1. The van der Waals surface area contributed by atoms with Crippen molar-refractivity contribution < 1.29 is 13.6 Å². The maximum Gasteiger partial charge on any atom is 0.266 e. The summed E-state index contributed by atoms with van der Waals surface area (Å²) in [5.41, 5.74) is 0.211. The van der Waals surface area contributed by atoms with Crippen molar-refractivity contribution in [3.8, 4) is 23.8 Å². The van der Waals surface area contributed by atoms with Gasteiger partial charge in [0.05, 0.1) is 12.3 Å². The van der Waals surface area contributed by atoms with Gasteiger partial charge in [-0.3, -0.25) is 4.79 Å². The first-order valence-electron chi connectivity index (χ1n) is 9.03. The molecule has 0 radical (unpaired) electrons. The fraction of sp³-hybridized carbons (Fsp3) is 0.474. The van der Waals surface area contributed by atoms with E-state index in [0.717, 1.165) is 6.42 Å². The lowest BCUT2D eigenvalue weighted by Crippen LogP contribution is -2.43. The van der Waals surface area contributed by atoms with Crippen LogP contribution in [0.15, 0.2) is 27.2 Å². The Kier molecular flexibility index (Phi) is 5.77. The molecular formula is C19H21N5O3. The number of rotatable bonds is 6. The monoisotopic (exact) mass is 367 g/mol. The van der Waals surface area contributed by atoms with Crippen molar-refractivity contribution in [2.24, 2.45) is 5.92 Å². The fourth-order valence-corrected chi connectivity index (χ4v) is 3.32. The maximum atomic E-state index is 12.7. The smallest absolute Gasteiger partial charge is 0.266 e. The van der Waals surface area contributed by atoms with Crippen LogP contribution in [0, 0.1) is 28.6 Å². The number of hydrogen-bond acceptors (Lipinski definition) is 7. The minimum absolute atomic E-state index is 0.0346. The molecule has 0 aromatic carbocycles. The van der Waals surface area contributed by atoms with E-state index in [0.29, 0.717) is 44.1 Å². The van der Waals surface area contributed by atoms with Crippen LogP contribution in [0.4, 0.5) is 5.88 Å². The van der Waals surface area contributed by atoms with Gasteiger partial charge >= 0.3 is 0 Å². The number of nitriles is 2. The molecule has 1 aliphatic heterocycles. The number of oxazole rings is 1. The number of carbonyl (C=O) groups is 1. The van der Waals surface area contributed by atoms with Crippen molar-refractivity contribution in [1.82, 2.24) is 9.88 Å². The van der Waals surface area contributed by atoms with Gasteiger partial charge in [-0.2, -0.15) is 15.5 Å². The molecule has 1 amide bonds. The first-order valence-corrected chi connectivity index (χ1v) is 9.03. The van der Waals surface area contributed by atoms with Crippen LogP contribution >= 0.6 is 0 Å². The van der Waals surface area contributed by atoms with Gasteiger partial charge in [-0.1, -0.05) is 6.92 Å². The summed E-state index contributed by atoms with van der Waals surface area (Å²) in [6.07, 6.45) is 3.63. The summed E-state index contributed by atoms with van der Waals surface area (Å²) in [5, 5.41) is 18.3. The zero-order valence-electron chi connectivity index (χ0n) is 15.2. The summed E-state index contributed by atoms with van der Waals surface area (Å²) in [4.78, 5) is 20.4. The Labute approximate surface area is 157 Å². The third-order valence-corrected chi connectivity index (χ3v) is 4.65. The van der Waals surface area contributed by atoms with Crippen LogP contribution < -0.4 is 4.90 Å². The number of nitrogens with zero attached hydrogens (tertiary/aromatic N) is 5. The highest BCUT2D eigenvalue weighted by molar-refractivity contribution is 5.79. The highest BCUT2D eigenvalue weighted by atomic mass is 16.4. The summed E-state index contributed by atoms with van der Waals surface area (Å²) in [7, 11) is 0. The van der Waals surface area contributed by atoms with Gasteiger partial charge < -0.3 is 18.6 Å². The average Bonchev–Trinajstić information content (AvgIpc) is 3.37. The lowest BCUT2D eigenvalue weighted by atomic mass is 9.95. The number of carbonyl (C=O) groups excluding carboxylic acids is 1. The summed E-state index contributed by atoms with van der Waals surface area (Å²) in [5.74, 6) is 1.08. The van der Waals surface area contributed by atoms with Crippen molar-refractivity contribution >= 4 is 11.8 Å². The second-order valence-corrected chi connectivity index (χ2v) is 6.44. The number of furan rings is 1. The number of amides is 1. The Bertz CT molecular complexity index is 851. The van der Waals surface area contributed by atoms with Gasteiger partial charge in [-0.25, -0.2) is 0 Å². The molecule has 1 saturated heterocycles. The Hall–Kier alpha value is -3.26. The first-order chi connectivity index (χ1) is 13.2. The minimum atomic E-state index is -0.112. The van der Waals surface area contributed by atoms with Crippen molar-refractivity contribution in [2.45, 2.75) is 26.2 Å². The van der Waals surface area contributed by atoms with Crippen molar-refractivity contribution in [3.63, 3.8) is 0 Å². The zero-order valence-corrected chi connectivity index (χ0v) is 15.2. The second-order valence-electron chi connectivity index (χ2n) is 6.44. The molecule has 2 aromatic rings. The highest BCUT2D eigenvalue weighted by Crippen LogP contribution is 2.31. The maximum absolute atomic E-state index is 12.7. The van der Waals surface area contributed by atoms with Gasteiger partial charge in [-0.15, -0.1) is 0 Å². The SMILES string of the molecule is CCCN(CC#N)C(=O)C1CCN(c2oc(-c3ccco3)nc2C#N)CC1. The van der Waals surface area contributed by atoms with E-state index in [9.17, 15) is 10.1 Å². The molecule has 27 heavy (non-hydrogen) atoms. The molecule has 140 valence electrons. The van der Waals surface area contributed by atoms with Crippen LogP contribution in [-0.2, 0) is 4.79 Å². The molecule has 3 heterocycles. The van der Waals surface area contributed by atoms with Crippen LogP contribution in [0.5, 0.6) is 0 Å². The summed E-state index contributed by atoms with van der Waals surface area (Å²) in [6.45, 7) is 3.89. The van der Waals surface area contributed by atoms with E-state index in [-0.39, 0.29) is 30.0 Å². The fourth-order valence-electron chi connectivity index (χ4n) is 3.32. The first kappa shape index (κ1) is 18.5. The largest absolute Gasteiger partial charge is 0.459 e. The molecule has 0 saturated carbocycles. The molecular weight excluding hydrogens is 346 g/mol. The Balaban J connectivity index is 1.68. The molecule has 3 rings (SSSR count). The minimum Gasteiger partial charge on any atom is -0.459 e. The van der Waals surface area contributed by atoms with Gasteiger partial charge in [0, 0.05) is 25.6 Å². The van der Waals surface area contributed by atoms with Crippen molar-refractivity contribution in [3.05, 3.63) is 24.1 Å². The number of anilines is 1. The summed E-state index contributed by atoms with van der Waals surface area (Å²) >= 11 is 0. The lowest BCUT2D eigenvalue weighted by Gasteiger charge is -2.33. The standard InChI is InChI=1S/C19H21N5O3/c1-2-8-23(11-7-20)18(25)14-5-9-24(10-6-14)19-15(13-21)22-17(27-19)16-4-3-12-26-16/h3-4,12,14H,2,5-6,8-11H2,1H3. The van der Waals surface area contributed by atoms with Crippen LogP contribution in [0.1, 0.15) is 31.9 Å². The quantitative estimate of drug-likeness (QED) is 0.722. The highest BCUT2D eigenvalue weighted by Gasteiger charge is 2.31. The van der Waals surface area contributed by atoms with Crippen LogP contribution in [0.3, 0.4) is 0 Å². The lowest BCUT2D eigenvalue weighted by molar-refractivity contribution is -0.135. The molecule has 1 fully saturated rings. The van der Waals surface area contributed by atoms with E-state index in [1.165, 1.54) is 6.26 Å². The normalized spacial score (nSPS) is 14.6. The second kappa shape index (κ2) is 8.41. The van der Waals surface area contributed by atoms with E-state index in [1.807, 2.05) is 11.8 Å². The molecule has 0 N–H and O–H groups in total. The van der Waals surface area contributed by atoms with Gasteiger partial charge in [0.15, 0.2) is 5.76 Å². The summed E-state index contributed by atoms with van der Waals surface area (Å²) in [6, 6.07) is 7.58. The topological polar surface area (TPSA) is 110 Å². The molecule has 1 aliphatic rings. The molecule has 0 atom stereocenters. The van der Waals surface area contributed by atoms with E-state index >= 15 is 0 Å². The van der Waals surface area contributed by atoms with Gasteiger partial charge in [-0.05, 0) is 31.4 Å². The number of hydrogen-bond donors (Lipinski definition) is 0. The summed E-state index contributed by atoms with van der Waals surface area (Å²) < 4.78 is 11.0. The van der Waals surface area contributed by atoms with E-state index < -0.39 is 0 Å². The molecule has 8 heteroatoms. The molecule has 0 aliphatic carbocycles. The van der Waals surface area contributed by atoms with Gasteiger partial charge in [0.25, 0.3) is 5.89 Å². The predicted octanol–water partition coefficient (Wildman–Crippen LogP) is 2.78. The predicted molar refractivity (Wildman–Crippen MR) is 96.3 cm³/mol. The Morgan fingerprint density at radius 2 is 2.19 bits per heavy atom. The molecule has 0 spiro atoms. The van der Waals surface area contributed by atoms with E-state index in [1.54, 1.807) is 17.0 Å². The zero-order chi connectivity index (χ0) is 19.2. The molecule has 0 bridgehead atoms. The van der Waals surface area contributed by atoms with E-state index in [4.69, 9.17) is 14.1 Å². The van der Waals surface area contributed by atoms with Crippen molar-refractivity contribution in [2.75, 3.05) is 31.1 Å². The molecule has 8 nitrogen and oxygen atoms in total. The Morgan fingerprint density at radius 1 is 1.41 bits per heavy atom. The third kappa shape index (κ3) is 3.95. The van der Waals surface area contributed by atoms with Crippen LogP contribution in [0.25, 0.3) is 11.7 Å². The Morgan fingerprint density at radius 3 is 2.78 bits per heavy atom. The van der Waals surface area contributed by atoms with Crippen LogP contribution in [-0.4, -0.2) is 42.0 Å². The van der Waals surface area contributed by atoms with Gasteiger partial charge in [0.2, 0.25) is 17.5 Å². The van der Waals surface area contributed by atoms with E-state index in [2.05, 4.69) is 17.1 Å². The molecule has 2 aromatic heterocycles. The molecule has 0 unspecified atom stereocenters. The van der Waals surface area contributed by atoms with Crippen molar-refractivity contribution in [1.29, 1.82) is 10.5 Å². The third-order valence-electron chi connectivity index (χ3n) is 4.65. The van der Waals surface area contributed by atoms with Gasteiger partial charge in [0.1, 0.15) is 12.6 Å².